The van der Waals surface area contributed by atoms with E-state index < -0.39 is 28.5 Å². The molecule has 1 atom stereocenters. The number of hydrogen-bond donors (Lipinski definition) is 1. The van der Waals surface area contributed by atoms with Crippen LogP contribution in [0.1, 0.15) is 12.5 Å². The largest absolute Gasteiger partial charge is 0.497 e. The Hall–Kier alpha value is -2.79. The number of methoxy groups -OCH3 is 2. The molecule has 0 saturated carbocycles. The number of hydrogen-bond acceptors (Lipinski definition) is 6. The van der Waals surface area contributed by atoms with Crippen LogP contribution in [0.5, 0.6) is 11.5 Å². The second kappa shape index (κ2) is 11.4. The Bertz CT molecular complexity index is 1090. The molecule has 0 radical (unpaired) electrons. The Balaban J connectivity index is 2.46. The molecule has 2 aromatic rings. The predicted octanol–water partition coefficient (Wildman–Crippen LogP) is 2.40. The molecule has 33 heavy (non-hydrogen) atoms. The van der Waals surface area contributed by atoms with Crippen LogP contribution in [0.2, 0.25) is 0 Å². The zero-order valence-electron chi connectivity index (χ0n) is 19.2. The highest BCUT2D eigenvalue weighted by Gasteiger charge is 2.31. The third-order valence-corrected chi connectivity index (χ3v) is 6.67. The molecule has 11 heteroatoms. The van der Waals surface area contributed by atoms with E-state index in [-0.39, 0.29) is 23.9 Å². The molecule has 2 amide bonds. The number of nitrogens with zero attached hydrogens (tertiary/aromatic N) is 2. The minimum atomic E-state index is -3.89. The van der Waals surface area contributed by atoms with Gasteiger partial charge in [0.2, 0.25) is 21.8 Å². The number of carbonyl (C=O) groups excluding carboxylic acids is 2. The molecule has 0 fully saturated rings. The van der Waals surface area contributed by atoms with Crippen molar-refractivity contribution in [2.45, 2.75) is 19.5 Å². The van der Waals surface area contributed by atoms with Gasteiger partial charge in [0.15, 0.2) is 0 Å². The van der Waals surface area contributed by atoms with Gasteiger partial charge in [-0.1, -0.05) is 28.1 Å². The molecule has 0 unspecified atom stereocenters. The lowest BCUT2D eigenvalue weighted by Crippen LogP contribution is -2.50. The normalized spacial score (nSPS) is 11.9. The molecule has 0 saturated heterocycles. The van der Waals surface area contributed by atoms with Gasteiger partial charge in [0.05, 0.1) is 26.2 Å². The van der Waals surface area contributed by atoms with Gasteiger partial charge in [0, 0.05) is 24.1 Å². The van der Waals surface area contributed by atoms with Crippen LogP contribution in [0.25, 0.3) is 0 Å². The number of rotatable bonds is 10. The standard InChI is InChI=1S/C22H28BrN3O6S/c1-15(22(28)24-2)25(13-16-6-8-17(23)9-7-16)21(27)14-26(33(5,29)30)19-12-18(31-3)10-11-20(19)32-4/h6-12,15H,13-14H2,1-5H3,(H,24,28)/t15-/m1/s1. The first-order valence-electron chi connectivity index (χ1n) is 9.97. The van der Waals surface area contributed by atoms with Gasteiger partial charge in [-0.25, -0.2) is 8.42 Å². The highest BCUT2D eigenvalue weighted by molar-refractivity contribution is 9.10. The van der Waals surface area contributed by atoms with Crippen molar-refractivity contribution in [2.75, 3.05) is 38.4 Å². The molecular formula is C22H28BrN3O6S. The van der Waals surface area contributed by atoms with Crippen LogP contribution >= 0.6 is 15.9 Å². The summed E-state index contributed by atoms with van der Waals surface area (Å²) in [6, 6.07) is 11.1. The molecule has 0 spiro atoms. The molecule has 0 bridgehead atoms. The summed E-state index contributed by atoms with van der Waals surface area (Å²) in [4.78, 5) is 27.1. The number of ether oxygens (including phenoxy) is 2. The van der Waals surface area contributed by atoms with Crippen molar-refractivity contribution in [1.82, 2.24) is 10.2 Å². The highest BCUT2D eigenvalue weighted by atomic mass is 79.9. The number of benzene rings is 2. The summed E-state index contributed by atoms with van der Waals surface area (Å²) < 4.78 is 37.7. The van der Waals surface area contributed by atoms with E-state index in [9.17, 15) is 18.0 Å². The summed E-state index contributed by atoms with van der Waals surface area (Å²) in [6.07, 6.45) is 1.00. The van der Waals surface area contributed by atoms with Gasteiger partial charge >= 0.3 is 0 Å². The van der Waals surface area contributed by atoms with Crippen molar-refractivity contribution in [3.8, 4) is 11.5 Å². The van der Waals surface area contributed by atoms with E-state index in [0.29, 0.717) is 5.75 Å². The third kappa shape index (κ3) is 6.84. The van der Waals surface area contributed by atoms with Gasteiger partial charge in [-0.15, -0.1) is 0 Å². The summed E-state index contributed by atoms with van der Waals surface area (Å²) in [5, 5.41) is 2.53. The van der Waals surface area contributed by atoms with E-state index >= 15 is 0 Å². The lowest BCUT2D eigenvalue weighted by Gasteiger charge is -2.31. The maximum Gasteiger partial charge on any atom is 0.244 e. The zero-order chi connectivity index (χ0) is 24.8. The Morgan fingerprint density at radius 2 is 1.73 bits per heavy atom. The number of amides is 2. The maximum absolute atomic E-state index is 13.4. The molecule has 0 heterocycles. The Morgan fingerprint density at radius 3 is 2.24 bits per heavy atom. The smallest absolute Gasteiger partial charge is 0.244 e. The molecular weight excluding hydrogens is 514 g/mol. The minimum Gasteiger partial charge on any atom is -0.497 e. The summed E-state index contributed by atoms with van der Waals surface area (Å²) in [7, 11) is 0.441. The molecule has 1 N–H and O–H groups in total. The van der Waals surface area contributed by atoms with Gasteiger partial charge < -0.3 is 19.7 Å². The van der Waals surface area contributed by atoms with Crippen molar-refractivity contribution in [3.63, 3.8) is 0 Å². The second-order valence-electron chi connectivity index (χ2n) is 7.25. The zero-order valence-corrected chi connectivity index (χ0v) is 21.6. The molecule has 2 rings (SSSR count). The lowest BCUT2D eigenvalue weighted by molar-refractivity contribution is -0.139. The minimum absolute atomic E-state index is 0.119. The van der Waals surface area contributed by atoms with Gasteiger partial charge in [-0.3, -0.25) is 13.9 Å². The van der Waals surface area contributed by atoms with Gasteiger partial charge in [-0.2, -0.15) is 0 Å². The monoisotopic (exact) mass is 541 g/mol. The van der Waals surface area contributed by atoms with Gasteiger partial charge in [0.1, 0.15) is 24.1 Å². The molecule has 9 nitrogen and oxygen atoms in total. The van der Waals surface area contributed by atoms with Crippen molar-refractivity contribution in [3.05, 3.63) is 52.5 Å². The van der Waals surface area contributed by atoms with Crippen LogP contribution in [0, 0.1) is 0 Å². The van der Waals surface area contributed by atoms with Crippen molar-refractivity contribution >= 4 is 43.5 Å². The number of halogens is 1. The highest BCUT2D eigenvalue weighted by Crippen LogP contribution is 2.34. The summed E-state index contributed by atoms with van der Waals surface area (Å²) >= 11 is 3.37. The Kier molecular flexibility index (Phi) is 9.12. The fourth-order valence-electron chi connectivity index (χ4n) is 3.16. The Morgan fingerprint density at radius 1 is 1.09 bits per heavy atom. The molecule has 0 aliphatic rings. The lowest BCUT2D eigenvalue weighted by atomic mass is 10.1. The predicted molar refractivity (Wildman–Crippen MR) is 130 cm³/mol. The van der Waals surface area contributed by atoms with Crippen LogP contribution in [0.15, 0.2) is 46.9 Å². The van der Waals surface area contributed by atoms with Crippen LogP contribution in [-0.4, -0.2) is 65.2 Å². The number of anilines is 1. The molecule has 0 aromatic heterocycles. The van der Waals surface area contributed by atoms with E-state index in [1.807, 2.05) is 24.3 Å². The number of sulfonamides is 1. The van der Waals surface area contributed by atoms with Gasteiger partial charge in [0.25, 0.3) is 0 Å². The van der Waals surface area contributed by atoms with Crippen molar-refractivity contribution < 1.29 is 27.5 Å². The fraction of sp³-hybridized carbons (Fsp3) is 0.364. The van der Waals surface area contributed by atoms with Crippen molar-refractivity contribution in [2.24, 2.45) is 0 Å². The fourth-order valence-corrected chi connectivity index (χ4v) is 4.27. The number of carbonyl (C=O) groups is 2. The van der Waals surface area contributed by atoms with Crippen LogP contribution in [-0.2, 0) is 26.2 Å². The summed E-state index contributed by atoms with van der Waals surface area (Å²) in [6.45, 7) is 1.18. The topological polar surface area (TPSA) is 105 Å². The van der Waals surface area contributed by atoms with E-state index in [0.717, 1.165) is 20.6 Å². The molecule has 0 aliphatic carbocycles. The average molecular weight is 542 g/mol. The van der Waals surface area contributed by atoms with E-state index in [2.05, 4.69) is 21.2 Å². The van der Waals surface area contributed by atoms with E-state index in [1.165, 1.54) is 32.2 Å². The quantitative estimate of drug-likeness (QED) is 0.495. The SMILES string of the molecule is CNC(=O)[C@@H](C)N(Cc1ccc(Br)cc1)C(=O)CN(c1cc(OC)ccc1OC)S(C)(=O)=O. The van der Waals surface area contributed by atoms with E-state index in [1.54, 1.807) is 19.1 Å². The Labute approximate surface area is 202 Å². The van der Waals surface area contributed by atoms with Crippen molar-refractivity contribution in [1.29, 1.82) is 0 Å². The van der Waals surface area contributed by atoms with Crippen LogP contribution in [0.4, 0.5) is 5.69 Å². The molecule has 180 valence electrons. The van der Waals surface area contributed by atoms with Crippen LogP contribution < -0.4 is 19.1 Å². The first-order valence-corrected chi connectivity index (χ1v) is 12.6. The summed E-state index contributed by atoms with van der Waals surface area (Å²) in [5.41, 5.74) is 0.941. The second-order valence-corrected chi connectivity index (χ2v) is 10.1. The maximum atomic E-state index is 13.4. The third-order valence-electron chi connectivity index (χ3n) is 5.01. The first kappa shape index (κ1) is 26.5. The van der Waals surface area contributed by atoms with E-state index in [4.69, 9.17) is 9.47 Å². The average Bonchev–Trinajstić information content (AvgIpc) is 2.79. The van der Waals surface area contributed by atoms with Crippen LogP contribution in [0.3, 0.4) is 0 Å². The van der Waals surface area contributed by atoms with Gasteiger partial charge in [-0.05, 0) is 36.8 Å². The number of nitrogens with one attached hydrogen (secondary N) is 1. The molecule has 2 aromatic carbocycles. The first-order chi connectivity index (χ1) is 15.5. The number of likely N-dealkylation sites (N-methyl/N-ethyl adjacent to an activating group) is 1. The molecule has 0 aliphatic heterocycles. The summed E-state index contributed by atoms with van der Waals surface area (Å²) in [5.74, 6) is -0.264.